The van der Waals surface area contributed by atoms with Crippen LogP contribution in [0.15, 0.2) is 18.3 Å². The first-order valence-electron chi connectivity index (χ1n) is 3.27. The van der Waals surface area contributed by atoms with Gasteiger partial charge < -0.3 is 0 Å². The molecule has 2 heteroatoms. The van der Waals surface area contributed by atoms with Gasteiger partial charge in [-0.05, 0) is 18.6 Å². The van der Waals surface area contributed by atoms with Crippen molar-refractivity contribution < 1.29 is 4.39 Å². The molecule has 0 fully saturated rings. The lowest BCUT2D eigenvalue weighted by Gasteiger charge is -1.94. The monoisotopic (exact) mass is 138 g/mol. The summed E-state index contributed by atoms with van der Waals surface area (Å²) in [6, 6.07) is 3.08. The molecule has 0 saturated heterocycles. The lowest BCUT2D eigenvalue weighted by molar-refractivity contribution is 0.620. The van der Waals surface area contributed by atoms with E-state index in [2.05, 4.69) is 4.98 Å². The Morgan fingerprint density at radius 3 is 2.90 bits per heavy atom. The molecule has 1 aromatic rings. The average Bonchev–Trinajstić information content (AvgIpc) is 1.95. The van der Waals surface area contributed by atoms with Gasteiger partial charge in [-0.3, -0.25) is 4.98 Å². The standard InChI is InChI=1S/C8H9FN/c1-2-3-8-5-4-7(9)6-10-8/h3-6H,2H2,1H3. The maximum atomic E-state index is 12.3. The highest BCUT2D eigenvalue weighted by atomic mass is 19.1. The zero-order valence-corrected chi connectivity index (χ0v) is 5.84. The van der Waals surface area contributed by atoms with Gasteiger partial charge in [0.1, 0.15) is 5.82 Å². The molecule has 0 atom stereocenters. The minimum absolute atomic E-state index is 0.284. The molecule has 1 aromatic heterocycles. The fourth-order valence-electron chi connectivity index (χ4n) is 0.717. The highest BCUT2D eigenvalue weighted by Gasteiger charge is 1.92. The Morgan fingerprint density at radius 2 is 2.40 bits per heavy atom. The Morgan fingerprint density at radius 1 is 1.60 bits per heavy atom. The van der Waals surface area contributed by atoms with E-state index in [0.29, 0.717) is 0 Å². The first-order chi connectivity index (χ1) is 4.83. The van der Waals surface area contributed by atoms with E-state index in [1.54, 1.807) is 6.07 Å². The van der Waals surface area contributed by atoms with E-state index in [0.717, 1.165) is 12.1 Å². The summed E-state index contributed by atoms with van der Waals surface area (Å²) in [4.78, 5) is 3.84. The van der Waals surface area contributed by atoms with E-state index in [4.69, 9.17) is 0 Å². The maximum absolute atomic E-state index is 12.3. The molecule has 1 heterocycles. The zero-order valence-electron chi connectivity index (χ0n) is 5.84. The van der Waals surface area contributed by atoms with Crippen LogP contribution in [0.2, 0.25) is 0 Å². The lowest BCUT2D eigenvalue weighted by Crippen LogP contribution is -1.85. The van der Waals surface area contributed by atoms with Crippen LogP contribution >= 0.6 is 0 Å². The molecule has 0 unspecified atom stereocenters. The topological polar surface area (TPSA) is 12.9 Å². The smallest absolute Gasteiger partial charge is 0.141 e. The summed E-state index contributed by atoms with van der Waals surface area (Å²) in [6.45, 7) is 2.02. The van der Waals surface area contributed by atoms with E-state index < -0.39 is 0 Å². The predicted molar refractivity (Wildman–Crippen MR) is 37.9 cm³/mol. The van der Waals surface area contributed by atoms with E-state index in [9.17, 15) is 4.39 Å². The van der Waals surface area contributed by atoms with Gasteiger partial charge in [0.25, 0.3) is 0 Å². The first-order valence-corrected chi connectivity index (χ1v) is 3.27. The number of hydrogen-bond donors (Lipinski definition) is 0. The number of halogens is 1. The minimum Gasteiger partial charge on any atom is -0.258 e. The van der Waals surface area contributed by atoms with Gasteiger partial charge in [0.05, 0.1) is 6.20 Å². The van der Waals surface area contributed by atoms with Gasteiger partial charge in [-0.2, -0.15) is 0 Å². The largest absolute Gasteiger partial charge is 0.258 e. The Bertz CT molecular complexity index is 193. The zero-order chi connectivity index (χ0) is 7.40. The minimum atomic E-state index is -0.284. The molecule has 0 aliphatic rings. The van der Waals surface area contributed by atoms with Gasteiger partial charge in [0.2, 0.25) is 0 Å². The van der Waals surface area contributed by atoms with Crippen molar-refractivity contribution in [3.05, 3.63) is 36.3 Å². The van der Waals surface area contributed by atoms with Crippen LogP contribution in [0.5, 0.6) is 0 Å². The molecule has 53 valence electrons. The van der Waals surface area contributed by atoms with Gasteiger partial charge in [0, 0.05) is 12.1 Å². The van der Waals surface area contributed by atoms with Gasteiger partial charge in [-0.1, -0.05) is 6.92 Å². The molecule has 1 radical (unpaired) electrons. The van der Waals surface area contributed by atoms with Crippen molar-refractivity contribution in [2.45, 2.75) is 13.3 Å². The quantitative estimate of drug-likeness (QED) is 0.610. The van der Waals surface area contributed by atoms with Crippen molar-refractivity contribution in [2.75, 3.05) is 0 Å². The molecule has 0 amide bonds. The van der Waals surface area contributed by atoms with Crippen molar-refractivity contribution >= 4 is 0 Å². The number of aromatic nitrogens is 1. The summed E-state index contributed by atoms with van der Waals surface area (Å²) in [7, 11) is 0. The summed E-state index contributed by atoms with van der Waals surface area (Å²) in [5, 5.41) is 0. The normalized spacial score (nSPS) is 9.80. The Hall–Kier alpha value is -0.920. The summed E-state index contributed by atoms with van der Waals surface area (Å²) in [5.74, 6) is -0.284. The summed E-state index contributed by atoms with van der Waals surface area (Å²) in [5.41, 5.74) is 0.837. The van der Waals surface area contributed by atoms with Crippen LogP contribution in [0.1, 0.15) is 19.0 Å². The van der Waals surface area contributed by atoms with Crippen LogP contribution < -0.4 is 0 Å². The third-order valence-corrected chi connectivity index (χ3v) is 1.16. The van der Waals surface area contributed by atoms with Crippen molar-refractivity contribution in [1.29, 1.82) is 0 Å². The van der Waals surface area contributed by atoms with Gasteiger partial charge in [-0.25, -0.2) is 4.39 Å². The van der Waals surface area contributed by atoms with Crippen LogP contribution in [-0.4, -0.2) is 4.98 Å². The van der Waals surface area contributed by atoms with Crippen LogP contribution in [0, 0.1) is 12.2 Å². The van der Waals surface area contributed by atoms with Crippen LogP contribution in [-0.2, 0) is 0 Å². The number of nitrogens with zero attached hydrogens (tertiary/aromatic N) is 1. The molecule has 0 spiro atoms. The molecule has 0 N–H and O–H groups in total. The SMILES string of the molecule is CC[CH]c1ccc(F)cn1. The number of hydrogen-bond acceptors (Lipinski definition) is 1. The molecule has 1 rings (SSSR count). The lowest BCUT2D eigenvalue weighted by atomic mass is 10.2. The Balaban J connectivity index is 2.69. The van der Waals surface area contributed by atoms with E-state index in [1.165, 1.54) is 12.3 Å². The molecule has 0 aromatic carbocycles. The second-order valence-electron chi connectivity index (χ2n) is 2.01. The maximum Gasteiger partial charge on any atom is 0.141 e. The van der Waals surface area contributed by atoms with Gasteiger partial charge >= 0.3 is 0 Å². The Kier molecular flexibility index (Phi) is 2.37. The fourth-order valence-corrected chi connectivity index (χ4v) is 0.717. The van der Waals surface area contributed by atoms with Gasteiger partial charge in [-0.15, -0.1) is 0 Å². The average molecular weight is 138 g/mol. The highest BCUT2D eigenvalue weighted by molar-refractivity contribution is 5.12. The number of pyridine rings is 1. The summed E-state index contributed by atoms with van der Waals surface area (Å²) >= 11 is 0. The second kappa shape index (κ2) is 3.30. The van der Waals surface area contributed by atoms with Crippen molar-refractivity contribution in [3.63, 3.8) is 0 Å². The van der Waals surface area contributed by atoms with Crippen molar-refractivity contribution in [1.82, 2.24) is 4.98 Å². The Labute approximate surface area is 59.9 Å². The summed E-state index contributed by atoms with van der Waals surface area (Å²) < 4.78 is 12.3. The first kappa shape index (κ1) is 7.19. The highest BCUT2D eigenvalue weighted by Crippen LogP contribution is 2.02. The molecular formula is C8H9FN. The van der Waals surface area contributed by atoms with E-state index in [1.807, 2.05) is 13.3 Å². The molecule has 1 nitrogen and oxygen atoms in total. The van der Waals surface area contributed by atoms with Crippen LogP contribution in [0.4, 0.5) is 4.39 Å². The van der Waals surface area contributed by atoms with E-state index in [-0.39, 0.29) is 5.82 Å². The third kappa shape index (κ3) is 1.79. The summed E-state index contributed by atoms with van der Waals surface area (Å²) in [6.07, 6.45) is 4.10. The second-order valence-corrected chi connectivity index (χ2v) is 2.01. The van der Waals surface area contributed by atoms with E-state index >= 15 is 0 Å². The molecule has 10 heavy (non-hydrogen) atoms. The molecule has 0 saturated carbocycles. The third-order valence-electron chi connectivity index (χ3n) is 1.16. The predicted octanol–water partition coefficient (Wildman–Crippen LogP) is 2.18. The number of rotatable bonds is 2. The van der Waals surface area contributed by atoms with Crippen molar-refractivity contribution in [3.8, 4) is 0 Å². The molecular weight excluding hydrogens is 129 g/mol. The van der Waals surface area contributed by atoms with Crippen LogP contribution in [0.25, 0.3) is 0 Å². The van der Waals surface area contributed by atoms with Crippen LogP contribution in [0.3, 0.4) is 0 Å². The molecule has 0 aliphatic carbocycles. The molecule has 0 aliphatic heterocycles. The fraction of sp³-hybridized carbons (Fsp3) is 0.250. The van der Waals surface area contributed by atoms with Gasteiger partial charge in [0.15, 0.2) is 0 Å². The molecule has 0 bridgehead atoms. The van der Waals surface area contributed by atoms with Crippen molar-refractivity contribution in [2.24, 2.45) is 0 Å².